The smallest absolute Gasteiger partial charge is 0.255 e. The second-order valence-electron chi connectivity index (χ2n) is 6.65. The molecule has 0 unspecified atom stereocenters. The van der Waals surface area contributed by atoms with Gasteiger partial charge in [0, 0.05) is 49.5 Å². The summed E-state index contributed by atoms with van der Waals surface area (Å²) in [5.74, 6) is 0.843. The van der Waals surface area contributed by atoms with Gasteiger partial charge in [-0.15, -0.1) is 0 Å². The Kier molecular flexibility index (Phi) is 4.24. The molecule has 0 spiro atoms. The zero-order valence-electron chi connectivity index (χ0n) is 14.7. The number of nitrogens with one attached hydrogen (secondary N) is 1. The molecule has 1 aromatic carbocycles. The third kappa shape index (κ3) is 3.10. The molecule has 134 valence electrons. The van der Waals surface area contributed by atoms with E-state index in [1.807, 2.05) is 34.9 Å². The van der Waals surface area contributed by atoms with E-state index in [1.165, 1.54) is 0 Å². The van der Waals surface area contributed by atoms with E-state index in [4.69, 9.17) is 4.42 Å². The molecule has 3 heterocycles. The number of aromatic nitrogens is 1. The van der Waals surface area contributed by atoms with Crippen molar-refractivity contribution in [1.29, 1.82) is 0 Å². The Morgan fingerprint density at radius 1 is 0.962 bits per heavy atom. The molecular weight excluding hydrogens is 330 g/mol. The Labute approximate surface area is 151 Å². The second-order valence-corrected chi connectivity index (χ2v) is 6.65. The number of aryl methyl sites for hydroxylation is 1. The molecule has 1 aliphatic rings. The number of carbonyl (C=O) groups is 2. The average molecular weight is 351 g/mol. The van der Waals surface area contributed by atoms with Gasteiger partial charge in [-0.3, -0.25) is 9.59 Å². The molecule has 1 aliphatic heterocycles. The van der Waals surface area contributed by atoms with Gasteiger partial charge in [0.15, 0.2) is 0 Å². The lowest BCUT2D eigenvalue weighted by Crippen LogP contribution is -2.37. The number of amides is 2. The highest BCUT2D eigenvalue weighted by Gasteiger charge is 2.24. The fourth-order valence-corrected chi connectivity index (χ4v) is 3.45. The van der Waals surface area contributed by atoms with Crippen LogP contribution in [0.1, 0.15) is 32.9 Å². The maximum atomic E-state index is 12.9. The standard InChI is InChI=1S/C20H21N3O3/c1-14-11-17-12-15(3-4-18(17)26-14)19(24)22-7-2-8-23(10-9-22)20(25)16-5-6-21-13-16/h3-6,11-13,21H,2,7-10H2,1H3. The molecule has 1 fully saturated rings. The third-order valence-corrected chi connectivity index (χ3v) is 4.80. The molecule has 3 aromatic rings. The minimum atomic E-state index is 0.00157. The lowest BCUT2D eigenvalue weighted by Gasteiger charge is -2.22. The van der Waals surface area contributed by atoms with Gasteiger partial charge in [-0.1, -0.05) is 0 Å². The molecule has 4 rings (SSSR count). The molecule has 0 radical (unpaired) electrons. The summed E-state index contributed by atoms with van der Waals surface area (Å²) in [5, 5.41) is 0.937. The van der Waals surface area contributed by atoms with Crippen molar-refractivity contribution in [3.8, 4) is 0 Å². The maximum Gasteiger partial charge on any atom is 0.255 e. The van der Waals surface area contributed by atoms with E-state index in [0.29, 0.717) is 37.3 Å². The Morgan fingerprint density at radius 2 is 1.69 bits per heavy atom. The number of furan rings is 1. The van der Waals surface area contributed by atoms with Crippen LogP contribution < -0.4 is 0 Å². The van der Waals surface area contributed by atoms with Gasteiger partial charge in [-0.2, -0.15) is 0 Å². The van der Waals surface area contributed by atoms with Gasteiger partial charge >= 0.3 is 0 Å². The first kappa shape index (κ1) is 16.4. The predicted octanol–water partition coefficient (Wildman–Crippen LogP) is 3.06. The van der Waals surface area contributed by atoms with Crippen molar-refractivity contribution in [3.63, 3.8) is 0 Å². The molecule has 6 nitrogen and oxygen atoms in total. The zero-order valence-corrected chi connectivity index (χ0v) is 14.7. The number of fused-ring (bicyclic) bond motifs is 1. The Balaban J connectivity index is 1.47. The Morgan fingerprint density at radius 3 is 2.38 bits per heavy atom. The van der Waals surface area contributed by atoms with E-state index in [9.17, 15) is 9.59 Å². The number of hydrogen-bond acceptors (Lipinski definition) is 3. The van der Waals surface area contributed by atoms with Crippen molar-refractivity contribution < 1.29 is 14.0 Å². The van der Waals surface area contributed by atoms with Gasteiger partial charge in [-0.25, -0.2) is 0 Å². The Bertz CT molecular complexity index is 943. The van der Waals surface area contributed by atoms with Crippen LogP contribution in [0.4, 0.5) is 0 Å². The van der Waals surface area contributed by atoms with Gasteiger partial charge in [0.25, 0.3) is 11.8 Å². The summed E-state index contributed by atoms with van der Waals surface area (Å²) in [5.41, 5.74) is 2.10. The highest BCUT2D eigenvalue weighted by molar-refractivity contribution is 5.98. The molecule has 1 saturated heterocycles. The first-order valence-electron chi connectivity index (χ1n) is 8.83. The summed E-state index contributed by atoms with van der Waals surface area (Å²) in [6.07, 6.45) is 4.22. The number of benzene rings is 1. The van der Waals surface area contributed by atoms with Gasteiger partial charge in [0.2, 0.25) is 0 Å². The summed E-state index contributed by atoms with van der Waals surface area (Å²) in [7, 11) is 0. The summed E-state index contributed by atoms with van der Waals surface area (Å²) in [4.78, 5) is 32.0. The van der Waals surface area contributed by atoms with Crippen molar-refractivity contribution in [3.05, 3.63) is 59.6 Å². The van der Waals surface area contributed by atoms with Crippen LogP contribution in [0.2, 0.25) is 0 Å². The molecule has 0 saturated carbocycles. The highest BCUT2D eigenvalue weighted by Crippen LogP contribution is 2.21. The van der Waals surface area contributed by atoms with Crippen LogP contribution in [0.3, 0.4) is 0 Å². The van der Waals surface area contributed by atoms with Crippen molar-refractivity contribution in [2.45, 2.75) is 13.3 Å². The minimum Gasteiger partial charge on any atom is -0.461 e. The van der Waals surface area contributed by atoms with Crippen LogP contribution in [0.25, 0.3) is 11.0 Å². The van der Waals surface area contributed by atoms with Gasteiger partial charge < -0.3 is 19.2 Å². The monoisotopic (exact) mass is 351 g/mol. The maximum absolute atomic E-state index is 12.9. The largest absolute Gasteiger partial charge is 0.461 e. The molecule has 26 heavy (non-hydrogen) atoms. The molecule has 0 aliphatic carbocycles. The number of hydrogen-bond donors (Lipinski definition) is 1. The molecule has 2 amide bonds. The van der Waals surface area contributed by atoms with E-state index in [0.717, 1.165) is 23.2 Å². The summed E-state index contributed by atoms with van der Waals surface area (Å²) in [6, 6.07) is 9.24. The van der Waals surface area contributed by atoms with E-state index < -0.39 is 0 Å². The van der Waals surface area contributed by atoms with Crippen LogP contribution in [0, 0.1) is 6.92 Å². The fourth-order valence-electron chi connectivity index (χ4n) is 3.45. The molecule has 0 atom stereocenters. The summed E-state index contributed by atoms with van der Waals surface area (Å²) >= 11 is 0. The lowest BCUT2D eigenvalue weighted by molar-refractivity contribution is 0.0719. The highest BCUT2D eigenvalue weighted by atomic mass is 16.3. The van der Waals surface area contributed by atoms with Gasteiger partial charge in [0.05, 0.1) is 5.56 Å². The predicted molar refractivity (Wildman–Crippen MR) is 98.2 cm³/mol. The average Bonchev–Trinajstić information content (AvgIpc) is 3.23. The van der Waals surface area contributed by atoms with Crippen molar-refractivity contribution in [1.82, 2.24) is 14.8 Å². The van der Waals surface area contributed by atoms with Crippen LogP contribution >= 0.6 is 0 Å². The molecule has 0 bridgehead atoms. The lowest BCUT2D eigenvalue weighted by atomic mass is 10.1. The molecular formula is C20H21N3O3. The van der Waals surface area contributed by atoms with Crippen LogP contribution in [0.15, 0.2) is 47.1 Å². The van der Waals surface area contributed by atoms with Crippen LogP contribution in [-0.4, -0.2) is 52.8 Å². The Hall–Kier alpha value is -3.02. The summed E-state index contributed by atoms with van der Waals surface area (Å²) in [6.45, 7) is 4.29. The van der Waals surface area contributed by atoms with Crippen molar-refractivity contribution in [2.24, 2.45) is 0 Å². The zero-order chi connectivity index (χ0) is 18.1. The van der Waals surface area contributed by atoms with Crippen LogP contribution in [-0.2, 0) is 0 Å². The van der Waals surface area contributed by atoms with Crippen LogP contribution in [0.5, 0.6) is 0 Å². The van der Waals surface area contributed by atoms with E-state index in [1.54, 1.807) is 24.5 Å². The third-order valence-electron chi connectivity index (χ3n) is 4.80. The van der Waals surface area contributed by atoms with Crippen molar-refractivity contribution in [2.75, 3.05) is 26.2 Å². The second kappa shape index (κ2) is 6.71. The molecule has 2 aromatic heterocycles. The molecule has 6 heteroatoms. The number of H-pyrrole nitrogens is 1. The van der Waals surface area contributed by atoms with Crippen molar-refractivity contribution >= 4 is 22.8 Å². The SMILES string of the molecule is Cc1cc2cc(C(=O)N3CCCN(C(=O)c4cc[nH]c4)CC3)ccc2o1. The minimum absolute atomic E-state index is 0.00157. The van der Waals surface area contributed by atoms with Gasteiger partial charge in [0.1, 0.15) is 11.3 Å². The summed E-state index contributed by atoms with van der Waals surface area (Å²) < 4.78 is 5.57. The van der Waals surface area contributed by atoms with Gasteiger partial charge in [-0.05, 0) is 43.7 Å². The first-order chi connectivity index (χ1) is 12.6. The number of aromatic amines is 1. The van der Waals surface area contributed by atoms with E-state index in [2.05, 4.69) is 4.98 Å². The van der Waals surface area contributed by atoms with E-state index >= 15 is 0 Å². The fraction of sp³-hybridized carbons (Fsp3) is 0.300. The number of carbonyl (C=O) groups excluding carboxylic acids is 2. The number of nitrogens with zero attached hydrogens (tertiary/aromatic N) is 2. The molecule has 1 N–H and O–H groups in total. The quantitative estimate of drug-likeness (QED) is 0.771. The topological polar surface area (TPSA) is 69.6 Å². The normalized spacial score (nSPS) is 15.3. The first-order valence-corrected chi connectivity index (χ1v) is 8.83. The number of rotatable bonds is 2. The van der Waals surface area contributed by atoms with E-state index in [-0.39, 0.29) is 11.8 Å².